The van der Waals surface area contributed by atoms with Gasteiger partial charge in [0.2, 0.25) is 0 Å². The van der Waals surface area contributed by atoms with Gasteiger partial charge in [0, 0.05) is 35.5 Å². The number of carbonyl (C=O) groups is 1. The number of thiazole rings is 1. The largest absolute Gasteiger partial charge is 0.393 e. The van der Waals surface area contributed by atoms with Gasteiger partial charge in [-0.2, -0.15) is 13.2 Å². The van der Waals surface area contributed by atoms with E-state index >= 15 is 0 Å². The summed E-state index contributed by atoms with van der Waals surface area (Å²) in [6.45, 7) is 4.31. The maximum atomic E-state index is 13.3. The van der Waals surface area contributed by atoms with E-state index < -0.39 is 12.1 Å². The molecule has 1 saturated carbocycles. The molecule has 2 aromatic heterocycles. The molecule has 2 aliphatic heterocycles. The summed E-state index contributed by atoms with van der Waals surface area (Å²) < 4.78 is 39.9. The predicted octanol–water partition coefficient (Wildman–Crippen LogP) is 5.62. The molecule has 0 radical (unpaired) electrons. The van der Waals surface area contributed by atoms with Crippen LogP contribution in [0.3, 0.4) is 0 Å². The zero-order valence-electron chi connectivity index (χ0n) is 18.1. The monoisotopic (exact) mass is 465 g/mol. The average Bonchev–Trinajstić information content (AvgIpc) is 3.41. The number of carbonyl (C=O) groups excluding carboxylic acids is 1. The third-order valence-electron chi connectivity index (χ3n) is 7.00. The molecular weight excluding hydrogens is 439 g/mol. The number of alkyl halides is 3. The highest BCUT2D eigenvalue weighted by atomic mass is 32.1. The maximum absolute atomic E-state index is 13.3. The number of halogens is 3. The number of nitrogens with zero attached hydrogens (tertiary/aromatic N) is 4. The van der Waals surface area contributed by atoms with Gasteiger partial charge in [0.1, 0.15) is 11.6 Å². The molecule has 1 N–H and O–H groups in total. The Labute approximate surface area is 188 Å². The Bertz CT molecular complexity index is 1020. The van der Waals surface area contributed by atoms with Crippen molar-refractivity contribution >= 4 is 34.1 Å². The molecule has 2 fully saturated rings. The molecule has 1 saturated heterocycles. The van der Waals surface area contributed by atoms with Gasteiger partial charge in [-0.25, -0.2) is 14.8 Å². The van der Waals surface area contributed by atoms with Crippen LogP contribution in [0.25, 0.3) is 0 Å². The molecule has 0 aromatic carbocycles. The van der Waals surface area contributed by atoms with E-state index in [0.717, 1.165) is 35.4 Å². The Hall–Kier alpha value is -2.36. The summed E-state index contributed by atoms with van der Waals surface area (Å²) in [6.07, 6.45) is -0.674. The third kappa shape index (κ3) is 3.72. The van der Waals surface area contributed by atoms with Crippen LogP contribution in [0.5, 0.6) is 0 Å². The molecular formula is C22H26F3N5OS. The van der Waals surface area contributed by atoms with Crippen LogP contribution < -0.4 is 15.1 Å². The van der Waals surface area contributed by atoms with Crippen LogP contribution in [-0.4, -0.2) is 41.3 Å². The second kappa shape index (κ2) is 7.90. The average molecular weight is 466 g/mol. The number of rotatable bonds is 2. The van der Waals surface area contributed by atoms with Crippen LogP contribution in [0.1, 0.15) is 54.2 Å². The van der Waals surface area contributed by atoms with Crippen molar-refractivity contribution in [2.45, 2.75) is 64.1 Å². The number of hydrogen-bond acceptors (Lipinski definition) is 5. The summed E-state index contributed by atoms with van der Waals surface area (Å²) in [4.78, 5) is 26.9. The lowest BCUT2D eigenvalue weighted by molar-refractivity contribution is -0.176. The maximum Gasteiger partial charge on any atom is 0.393 e. The number of anilines is 3. The van der Waals surface area contributed by atoms with Crippen molar-refractivity contribution in [2.24, 2.45) is 5.92 Å². The Morgan fingerprint density at radius 2 is 1.97 bits per heavy atom. The number of aryl methyl sites for hydroxylation is 2. The van der Waals surface area contributed by atoms with Crippen molar-refractivity contribution < 1.29 is 18.0 Å². The molecule has 2 amide bonds. The summed E-state index contributed by atoms with van der Waals surface area (Å²) in [5, 5.41) is 3.47. The van der Waals surface area contributed by atoms with Crippen LogP contribution in [0.15, 0.2) is 12.1 Å². The van der Waals surface area contributed by atoms with E-state index in [1.54, 1.807) is 9.80 Å². The minimum Gasteiger partial charge on any atom is -0.356 e. The lowest BCUT2D eigenvalue weighted by atomic mass is 9.97. The summed E-state index contributed by atoms with van der Waals surface area (Å²) in [7, 11) is 0. The third-order valence-corrected chi connectivity index (χ3v) is 7.99. The van der Waals surface area contributed by atoms with Gasteiger partial charge in [-0.15, -0.1) is 11.3 Å². The Balaban J connectivity index is 1.44. The normalized spacial score (nSPS) is 25.1. The first-order valence-corrected chi connectivity index (χ1v) is 11.9. The molecule has 2 aromatic rings. The fourth-order valence-corrected chi connectivity index (χ4v) is 6.06. The first-order chi connectivity index (χ1) is 15.2. The summed E-state index contributed by atoms with van der Waals surface area (Å²) in [5.41, 5.74) is 1.90. The minimum absolute atomic E-state index is 0.0270. The standard InChI is InChI=1S/C22H26F3N5OS/c1-12-13(2)32-20(26-12)28-21(31)30-17-7-3-6-15(17)16-8-9-18(27-19(16)30)29-10-4-5-14(11-29)22(23,24)25/h8-9,14-15,17H,3-7,10-11H2,1-2H3,(H,26,28,31). The number of pyridine rings is 1. The zero-order chi connectivity index (χ0) is 22.6. The highest BCUT2D eigenvalue weighted by molar-refractivity contribution is 7.15. The SMILES string of the molecule is Cc1nc(NC(=O)N2c3nc(N4CCCC(C(F)(F)F)C4)ccc3C3CCCC32)sc1C. The molecule has 4 heterocycles. The van der Waals surface area contributed by atoms with E-state index in [-0.39, 0.29) is 31.0 Å². The molecule has 5 rings (SSSR count). The lowest BCUT2D eigenvalue weighted by Gasteiger charge is -2.35. The molecule has 3 aliphatic rings. The lowest BCUT2D eigenvalue weighted by Crippen LogP contribution is -2.43. The zero-order valence-corrected chi connectivity index (χ0v) is 18.9. The van der Waals surface area contributed by atoms with Crippen LogP contribution in [-0.2, 0) is 0 Å². The Morgan fingerprint density at radius 3 is 2.69 bits per heavy atom. The number of amides is 2. The van der Waals surface area contributed by atoms with Gasteiger partial charge in [0.05, 0.1) is 11.6 Å². The van der Waals surface area contributed by atoms with Gasteiger partial charge in [0.25, 0.3) is 0 Å². The van der Waals surface area contributed by atoms with Gasteiger partial charge in [-0.05, 0) is 45.6 Å². The van der Waals surface area contributed by atoms with Crippen LogP contribution >= 0.6 is 11.3 Å². The molecule has 32 heavy (non-hydrogen) atoms. The second-order valence-corrected chi connectivity index (χ2v) is 10.2. The summed E-state index contributed by atoms with van der Waals surface area (Å²) in [6, 6.07) is 3.54. The quantitative estimate of drug-likeness (QED) is 0.625. The smallest absolute Gasteiger partial charge is 0.356 e. The molecule has 1 aliphatic carbocycles. The molecule has 6 nitrogen and oxygen atoms in total. The first-order valence-electron chi connectivity index (χ1n) is 11.1. The Morgan fingerprint density at radius 1 is 1.16 bits per heavy atom. The van der Waals surface area contributed by atoms with Crippen LogP contribution in [0.4, 0.5) is 34.7 Å². The van der Waals surface area contributed by atoms with Gasteiger partial charge in [-0.1, -0.05) is 12.5 Å². The molecule has 3 atom stereocenters. The molecule has 0 spiro atoms. The van der Waals surface area contributed by atoms with Crippen molar-refractivity contribution in [3.05, 3.63) is 28.3 Å². The van der Waals surface area contributed by atoms with E-state index in [2.05, 4.69) is 10.3 Å². The molecule has 0 bridgehead atoms. The van der Waals surface area contributed by atoms with Crippen molar-refractivity contribution in [3.8, 4) is 0 Å². The van der Waals surface area contributed by atoms with Crippen LogP contribution in [0, 0.1) is 19.8 Å². The summed E-state index contributed by atoms with van der Waals surface area (Å²) in [5.74, 6) is -0.0342. The van der Waals surface area contributed by atoms with Crippen LogP contribution in [0.2, 0.25) is 0 Å². The van der Waals surface area contributed by atoms with Crippen molar-refractivity contribution in [1.29, 1.82) is 0 Å². The number of hydrogen-bond donors (Lipinski definition) is 1. The highest BCUT2D eigenvalue weighted by Crippen LogP contribution is 2.49. The number of piperidine rings is 1. The topological polar surface area (TPSA) is 61.4 Å². The van der Waals surface area contributed by atoms with E-state index in [0.29, 0.717) is 29.7 Å². The second-order valence-electron chi connectivity index (χ2n) is 8.97. The Kier molecular flexibility index (Phi) is 5.30. The first kappa shape index (κ1) is 21.5. The van der Waals surface area contributed by atoms with E-state index in [4.69, 9.17) is 4.98 Å². The van der Waals surface area contributed by atoms with E-state index in [9.17, 15) is 18.0 Å². The molecule has 10 heteroatoms. The van der Waals surface area contributed by atoms with Crippen molar-refractivity contribution in [1.82, 2.24) is 9.97 Å². The minimum atomic E-state index is -4.21. The molecule has 172 valence electrons. The van der Waals surface area contributed by atoms with Gasteiger partial charge in [0.15, 0.2) is 5.13 Å². The van der Waals surface area contributed by atoms with E-state index in [1.807, 2.05) is 26.0 Å². The molecule has 3 unspecified atom stereocenters. The predicted molar refractivity (Wildman–Crippen MR) is 119 cm³/mol. The fraction of sp³-hybridized carbons (Fsp3) is 0.591. The van der Waals surface area contributed by atoms with Gasteiger partial charge < -0.3 is 4.90 Å². The fourth-order valence-electron chi connectivity index (χ4n) is 5.25. The van der Waals surface area contributed by atoms with Gasteiger partial charge >= 0.3 is 12.2 Å². The van der Waals surface area contributed by atoms with Crippen molar-refractivity contribution in [2.75, 3.05) is 28.2 Å². The number of urea groups is 1. The van der Waals surface area contributed by atoms with Crippen molar-refractivity contribution in [3.63, 3.8) is 0 Å². The van der Waals surface area contributed by atoms with E-state index in [1.165, 1.54) is 11.3 Å². The number of aromatic nitrogens is 2. The summed E-state index contributed by atoms with van der Waals surface area (Å²) >= 11 is 1.43. The van der Waals surface area contributed by atoms with Gasteiger partial charge in [-0.3, -0.25) is 10.2 Å². The highest BCUT2D eigenvalue weighted by Gasteiger charge is 2.46. The number of fused-ring (bicyclic) bond motifs is 3. The number of nitrogens with one attached hydrogen (secondary N) is 1.